The number of benzene rings is 1. The molecule has 0 bridgehead atoms. The molecule has 2 aromatic rings. The fourth-order valence-corrected chi connectivity index (χ4v) is 4.18. The summed E-state index contributed by atoms with van der Waals surface area (Å²) in [5.74, 6) is -0.590. The lowest BCUT2D eigenvalue weighted by Crippen LogP contribution is -2.31. The minimum absolute atomic E-state index is 0.000320. The monoisotopic (exact) mass is 369 g/mol. The van der Waals surface area contributed by atoms with E-state index in [2.05, 4.69) is 10.1 Å². The molecule has 1 aliphatic heterocycles. The van der Waals surface area contributed by atoms with Gasteiger partial charge < -0.3 is 9.63 Å². The van der Waals surface area contributed by atoms with Gasteiger partial charge in [-0.2, -0.15) is 4.98 Å². The van der Waals surface area contributed by atoms with Crippen LogP contribution in [0.4, 0.5) is 4.39 Å². The molecule has 7 nitrogen and oxygen atoms in total. The number of hydrogen-bond acceptors (Lipinski definition) is 7. The van der Waals surface area contributed by atoms with E-state index in [9.17, 15) is 17.9 Å². The highest BCUT2D eigenvalue weighted by molar-refractivity contribution is 7.90. The summed E-state index contributed by atoms with van der Waals surface area (Å²) in [6, 6.07) is 4.55. The second-order valence-corrected chi connectivity index (χ2v) is 8.45. The summed E-state index contributed by atoms with van der Waals surface area (Å²) in [6.07, 6.45) is -0.0180. The van der Waals surface area contributed by atoms with E-state index in [1.54, 1.807) is 0 Å². The van der Waals surface area contributed by atoms with Crippen LogP contribution in [0.15, 0.2) is 33.7 Å². The van der Waals surface area contributed by atoms with Gasteiger partial charge in [-0.05, 0) is 44.5 Å². The zero-order chi connectivity index (χ0) is 18.2. The average Bonchev–Trinajstić information content (AvgIpc) is 3.13. The molecule has 1 N–H and O–H groups in total. The number of aliphatic hydroxyl groups is 1. The molecule has 9 heteroatoms. The summed E-state index contributed by atoms with van der Waals surface area (Å²) in [5, 5.41) is 13.6. The third kappa shape index (κ3) is 3.88. The first-order valence-corrected chi connectivity index (χ1v) is 9.66. The first-order chi connectivity index (χ1) is 11.8. The second-order valence-electron chi connectivity index (χ2n) is 6.46. The van der Waals surface area contributed by atoms with Crippen molar-refractivity contribution in [3.63, 3.8) is 0 Å². The number of halogens is 1. The van der Waals surface area contributed by atoms with Crippen LogP contribution in [-0.2, 0) is 15.6 Å². The van der Waals surface area contributed by atoms with Crippen molar-refractivity contribution in [2.75, 3.05) is 6.54 Å². The number of β-amino-alcohol motifs (C(OH)–C–C–N with tert-alkyl or cyclic N) is 1. The van der Waals surface area contributed by atoms with Crippen molar-refractivity contribution in [2.45, 2.75) is 49.1 Å². The Kier molecular flexibility index (Phi) is 4.90. The quantitative estimate of drug-likeness (QED) is 0.801. The summed E-state index contributed by atoms with van der Waals surface area (Å²) in [7, 11) is -3.70. The molecule has 1 fully saturated rings. The predicted octanol–water partition coefficient (Wildman–Crippen LogP) is 1.70. The Morgan fingerprint density at radius 1 is 1.36 bits per heavy atom. The lowest BCUT2D eigenvalue weighted by Gasteiger charge is -2.25. The molecule has 1 saturated heterocycles. The van der Waals surface area contributed by atoms with Crippen molar-refractivity contribution < 1.29 is 22.4 Å². The van der Waals surface area contributed by atoms with Crippen molar-refractivity contribution >= 4 is 9.84 Å². The van der Waals surface area contributed by atoms with E-state index in [1.165, 1.54) is 12.1 Å². The summed E-state index contributed by atoms with van der Waals surface area (Å²) in [5.41, 5.74) is 0. The van der Waals surface area contributed by atoms with Gasteiger partial charge in [0.25, 0.3) is 0 Å². The van der Waals surface area contributed by atoms with Crippen LogP contribution in [-0.4, -0.2) is 47.3 Å². The Balaban J connectivity index is 1.78. The van der Waals surface area contributed by atoms with Gasteiger partial charge in [0, 0.05) is 12.6 Å². The zero-order valence-corrected chi connectivity index (χ0v) is 14.8. The summed E-state index contributed by atoms with van der Waals surface area (Å²) < 4.78 is 42.9. The van der Waals surface area contributed by atoms with E-state index in [-0.39, 0.29) is 22.8 Å². The van der Waals surface area contributed by atoms with Crippen LogP contribution in [0.5, 0.6) is 0 Å². The highest BCUT2D eigenvalue weighted by atomic mass is 32.2. The molecule has 0 unspecified atom stereocenters. The van der Waals surface area contributed by atoms with Crippen molar-refractivity contribution in [2.24, 2.45) is 0 Å². The summed E-state index contributed by atoms with van der Waals surface area (Å²) >= 11 is 0. The van der Waals surface area contributed by atoms with Crippen LogP contribution >= 0.6 is 0 Å². The second kappa shape index (κ2) is 6.81. The molecule has 25 heavy (non-hydrogen) atoms. The normalized spacial score (nSPS) is 22.0. The van der Waals surface area contributed by atoms with Gasteiger partial charge in [0.15, 0.2) is 15.7 Å². The number of aliphatic hydroxyl groups excluding tert-OH is 1. The molecule has 0 amide bonds. The van der Waals surface area contributed by atoms with Crippen LogP contribution in [0.3, 0.4) is 0 Å². The van der Waals surface area contributed by atoms with Crippen molar-refractivity contribution in [3.05, 3.63) is 41.8 Å². The molecule has 0 saturated carbocycles. The number of rotatable bonds is 5. The summed E-state index contributed by atoms with van der Waals surface area (Å²) in [4.78, 5) is 6.24. The van der Waals surface area contributed by atoms with E-state index < -0.39 is 27.5 Å². The smallest absolute Gasteiger partial charge is 0.244 e. The maximum absolute atomic E-state index is 13.0. The highest BCUT2D eigenvalue weighted by Gasteiger charge is 2.37. The number of aromatic nitrogens is 2. The molecule has 1 aliphatic rings. The van der Waals surface area contributed by atoms with Crippen molar-refractivity contribution in [3.8, 4) is 0 Å². The first-order valence-electron chi connectivity index (χ1n) is 8.01. The standard InChI is InChI=1S/C16H20FN3O4S/c1-10(2)20-8-12(21)7-14(20)16-18-15(19-24-16)9-25(22,23)13-5-3-11(17)4-6-13/h3-6,10,12,14,21H,7-9H2,1-2H3/t12-,14+/m1/s1. The third-order valence-electron chi connectivity index (χ3n) is 4.24. The Morgan fingerprint density at radius 2 is 2.04 bits per heavy atom. The van der Waals surface area contributed by atoms with Crippen molar-refractivity contribution in [1.82, 2.24) is 15.0 Å². The molecule has 1 aromatic carbocycles. The van der Waals surface area contributed by atoms with Crippen LogP contribution < -0.4 is 0 Å². The van der Waals surface area contributed by atoms with E-state index in [0.29, 0.717) is 18.9 Å². The fourth-order valence-electron chi connectivity index (χ4n) is 3.01. The average molecular weight is 369 g/mol. The number of likely N-dealkylation sites (tertiary alicyclic amines) is 1. The lowest BCUT2D eigenvalue weighted by atomic mass is 10.2. The van der Waals surface area contributed by atoms with Gasteiger partial charge in [-0.1, -0.05) is 5.16 Å². The molecule has 2 atom stereocenters. The summed E-state index contributed by atoms with van der Waals surface area (Å²) in [6.45, 7) is 4.51. The van der Waals surface area contributed by atoms with Gasteiger partial charge in [0.1, 0.15) is 11.6 Å². The Hall–Kier alpha value is -1.84. The van der Waals surface area contributed by atoms with Gasteiger partial charge in [0.2, 0.25) is 5.89 Å². The van der Waals surface area contributed by atoms with Gasteiger partial charge in [0.05, 0.1) is 17.0 Å². The van der Waals surface area contributed by atoms with E-state index >= 15 is 0 Å². The van der Waals surface area contributed by atoms with Crippen LogP contribution in [0.1, 0.15) is 38.0 Å². The molecule has 0 radical (unpaired) electrons. The van der Waals surface area contributed by atoms with Gasteiger partial charge in [-0.25, -0.2) is 12.8 Å². The number of sulfone groups is 1. The van der Waals surface area contributed by atoms with Gasteiger partial charge >= 0.3 is 0 Å². The molecular formula is C16H20FN3O4S. The molecule has 136 valence electrons. The number of nitrogens with zero attached hydrogens (tertiary/aromatic N) is 3. The molecule has 0 aliphatic carbocycles. The number of hydrogen-bond donors (Lipinski definition) is 1. The Bertz CT molecular complexity index is 835. The Morgan fingerprint density at radius 3 is 2.68 bits per heavy atom. The maximum atomic E-state index is 13.0. The first kappa shape index (κ1) is 18.0. The van der Waals surface area contributed by atoms with Crippen LogP contribution in [0, 0.1) is 5.82 Å². The molecule has 3 rings (SSSR count). The van der Waals surface area contributed by atoms with Gasteiger partial charge in [-0.3, -0.25) is 4.90 Å². The van der Waals surface area contributed by atoms with Gasteiger partial charge in [-0.15, -0.1) is 0 Å². The van der Waals surface area contributed by atoms with Crippen LogP contribution in [0.2, 0.25) is 0 Å². The van der Waals surface area contributed by atoms with Crippen LogP contribution in [0.25, 0.3) is 0 Å². The largest absolute Gasteiger partial charge is 0.392 e. The SMILES string of the molecule is CC(C)N1C[C@H](O)C[C@H]1c1nc(CS(=O)(=O)c2ccc(F)cc2)no1. The predicted molar refractivity (Wildman–Crippen MR) is 86.8 cm³/mol. The third-order valence-corrected chi connectivity index (χ3v) is 5.87. The van der Waals surface area contributed by atoms with E-state index in [0.717, 1.165) is 12.1 Å². The van der Waals surface area contributed by atoms with Crippen molar-refractivity contribution in [1.29, 1.82) is 0 Å². The minimum atomic E-state index is -3.70. The Labute approximate surface area is 145 Å². The molecule has 1 aromatic heterocycles. The minimum Gasteiger partial charge on any atom is -0.392 e. The molecule has 0 spiro atoms. The van der Waals surface area contributed by atoms with E-state index in [1.807, 2.05) is 18.7 Å². The topological polar surface area (TPSA) is 96.5 Å². The maximum Gasteiger partial charge on any atom is 0.244 e. The fraction of sp³-hybridized carbons (Fsp3) is 0.500. The highest BCUT2D eigenvalue weighted by Crippen LogP contribution is 2.33. The van der Waals surface area contributed by atoms with E-state index in [4.69, 9.17) is 4.52 Å². The zero-order valence-electron chi connectivity index (χ0n) is 14.0. The lowest BCUT2D eigenvalue weighted by molar-refractivity contribution is 0.150. The molecule has 2 heterocycles. The molecular weight excluding hydrogens is 349 g/mol.